The number of methoxy groups -OCH3 is 1. The van der Waals surface area contributed by atoms with E-state index in [4.69, 9.17) is 10.5 Å². The molecular formula is C17H22N4O3S. The first-order valence-electron chi connectivity index (χ1n) is 8.18. The molecule has 1 fully saturated rings. The number of sulfone groups is 1. The minimum atomic E-state index is -3.78. The summed E-state index contributed by atoms with van der Waals surface area (Å²) in [4.78, 5) is 10.6. The van der Waals surface area contributed by atoms with Crippen LogP contribution < -0.4 is 15.4 Å². The molecule has 2 N–H and O–H groups in total. The van der Waals surface area contributed by atoms with Crippen molar-refractivity contribution in [3.8, 4) is 5.75 Å². The Hall–Kier alpha value is -2.35. The SMILES string of the molecule is COc1ccc(S(=O)(=O)c2cnc(N3CCCC(C)C3)nc2N)cc1. The van der Waals surface area contributed by atoms with Crippen molar-refractivity contribution in [1.29, 1.82) is 0 Å². The number of piperidine rings is 1. The molecule has 7 nitrogen and oxygen atoms in total. The first-order valence-corrected chi connectivity index (χ1v) is 9.66. The maximum absolute atomic E-state index is 12.8. The lowest BCUT2D eigenvalue weighted by atomic mass is 10.0. The molecule has 0 saturated carbocycles. The average molecular weight is 362 g/mol. The van der Waals surface area contributed by atoms with Crippen LogP contribution in [0.1, 0.15) is 19.8 Å². The van der Waals surface area contributed by atoms with E-state index >= 15 is 0 Å². The van der Waals surface area contributed by atoms with Crippen LogP contribution in [0.15, 0.2) is 40.3 Å². The number of anilines is 2. The van der Waals surface area contributed by atoms with Gasteiger partial charge in [-0.2, -0.15) is 4.98 Å². The van der Waals surface area contributed by atoms with Gasteiger partial charge >= 0.3 is 0 Å². The van der Waals surface area contributed by atoms with Gasteiger partial charge in [0.1, 0.15) is 16.5 Å². The smallest absolute Gasteiger partial charge is 0.227 e. The zero-order chi connectivity index (χ0) is 18.0. The molecule has 3 rings (SSSR count). The number of hydrogen-bond donors (Lipinski definition) is 1. The Kier molecular flexibility index (Phi) is 4.80. The van der Waals surface area contributed by atoms with E-state index in [1.807, 2.05) is 4.90 Å². The Bertz CT molecular complexity index is 853. The van der Waals surface area contributed by atoms with Crippen LogP contribution in [0.2, 0.25) is 0 Å². The molecule has 2 heterocycles. The van der Waals surface area contributed by atoms with Gasteiger partial charge in [0, 0.05) is 13.1 Å². The highest BCUT2D eigenvalue weighted by atomic mass is 32.2. The summed E-state index contributed by atoms with van der Waals surface area (Å²) in [5.74, 6) is 1.59. The fourth-order valence-electron chi connectivity index (χ4n) is 2.99. The van der Waals surface area contributed by atoms with Gasteiger partial charge in [-0.1, -0.05) is 6.92 Å². The van der Waals surface area contributed by atoms with E-state index in [9.17, 15) is 8.42 Å². The molecule has 2 aromatic rings. The van der Waals surface area contributed by atoms with Crippen LogP contribution in [-0.4, -0.2) is 38.6 Å². The highest BCUT2D eigenvalue weighted by Crippen LogP contribution is 2.28. The highest BCUT2D eigenvalue weighted by molar-refractivity contribution is 7.91. The summed E-state index contributed by atoms with van der Waals surface area (Å²) in [5, 5.41) is 0. The van der Waals surface area contributed by atoms with E-state index in [1.54, 1.807) is 12.1 Å². The lowest BCUT2D eigenvalue weighted by molar-refractivity contribution is 0.414. The minimum absolute atomic E-state index is 0.0287. The van der Waals surface area contributed by atoms with Crippen LogP contribution >= 0.6 is 0 Å². The molecular weight excluding hydrogens is 340 g/mol. The molecule has 1 aliphatic rings. The Balaban J connectivity index is 1.91. The number of nitrogen functional groups attached to an aromatic ring is 1. The summed E-state index contributed by atoms with van der Waals surface area (Å²) in [5.41, 5.74) is 5.96. The zero-order valence-corrected chi connectivity index (χ0v) is 15.2. The third kappa shape index (κ3) is 3.53. The van der Waals surface area contributed by atoms with Gasteiger partial charge in [0.2, 0.25) is 15.8 Å². The third-order valence-electron chi connectivity index (χ3n) is 4.37. The van der Waals surface area contributed by atoms with E-state index in [2.05, 4.69) is 16.9 Å². The van der Waals surface area contributed by atoms with Crippen LogP contribution in [0.25, 0.3) is 0 Å². The van der Waals surface area contributed by atoms with Gasteiger partial charge < -0.3 is 15.4 Å². The fraction of sp³-hybridized carbons (Fsp3) is 0.412. The minimum Gasteiger partial charge on any atom is -0.497 e. The second-order valence-corrected chi connectivity index (χ2v) is 8.21. The van der Waals surface area contributed by atoms with E-state index in [-0.39, 0.29) is 15.6 Å². The summed E-state index contributed by atoms with van der Waals surface area (Å²) in [7, 11) is -2.25. The Labute approximate surface area is 147 Å². The molecule has 25 heavy (non-hydrogen) atoms. The van der Waals surface area contributed by atoms with Crippen molar-refractivity contribution in [3.63, 3.8) is 0 Å². The molecule has 0 amide bonds. The van der Waals surface area contributed by atoms with Gasteiger partial charge in [0.05, 0.1) is 18.2 Å². The Morgan fingerprint density at radius 3 is 2.60 bits per heavy atom. The van der Waals surface area contributed by atoms with E-state index < -0.39 is 9.84 Å². The predicted octanol–water partition coefficient (Wildman–Crippen LogP) is 2.14. The van der Waals surface area contributed by atoms with Crippen molar-refractivity contribution in [2.75, 3.05) is 30.8 Å². The van der Waals surface area contributed by atoms with Gasteiger partial charge in [0.25, 0.3) is 0 Å². The summed E-state index contributed by atoms with van der Waals surface area (Å²) >= 11 is 0. The summed E-state index contributed by atoms with van der Waals surface area (Å²) < 4.78 is 30.6. The first-order chi connectivity index (χ1) is 11.9. The summed E-state index contributed by atoms with van der Waals surface area (Å²) in [6, 6.07) is 6.14. The van der Waals surface area contributed by atoms with Crippen molar-refractivity contribution in [2.24, 2.45) is 5.92 Å². The molecule has 0 spiro atoms. The molecule has 1 aromatic heterocycles. The summed E-state index contributed by atoms with van der Waals surface area (Å²) in [6.07, 6.45) is 3.54. The molecule has 8 heteroatoms. The lowest BCUT2D eigenvalue weighted by Gasteiger charge is -2.31. The van der Waals surface area contributed by atoms with E-state index in [0.717, 1.165) is 19.5 Å². The monoisotopic (exact) mass is 362 g/mol. The number of nitrogens with zero attached hydrogens (tertiary/aromatic N) is 3. The molecule has 0 radical (unpaired) electrons. The van der Waals surface area contributed by atoms with Gasteiger partial charge in [-0.15, -0.1) is 0 Å². The molecule has 0 aliphatic carbocycles. The van der Waals surface area contributed by atoms with Crippen LogP contribution in [0.3, 0.4) is 0 Å². The normalized spacial score (nSPS) is 18.2. The maximum Gasteiger partial charge on any atom is 0.227 e. The molecule has 0 bridgehead atoms. The third-order valence-corrected chi connectivity index (χ3v) is 6.16. The van der Waals surface area contributed by atoms with Crippen LogP contribution in [-0.2, 0) is 9.84 Å². The number of nitrogens with two attached hydrogens (primary N) is 1. The Morgan fingerprint density at radius 2 is 2.00 bits per heavy atom. The van der Waals surface area contributed by atoms with Crippen LogP contribution in [0.5, 0.6) is 5.75 Å². The van der Waals surface area contributed by atoms with Crippen molar-refractivity contribution in [2.45, 2.75) is 29.6 Å². The number of benzene rings is 1. The number of rotatable bonds is 4. The molecule has 1 saturated heterocycles. The average Bonchev–Trinajstić information content (AvgIpc) is 2.61. The summed E-state index contributed by atoms with van der Waals surface area (Å²) in [6.45, 7) is 3.89. The fourth-order valence-corrected chi connectivity index (χ4v) is 4.25. The molecule has 1 atom stereocenters. The van der Waals surface area contributed by atoms with Gasteiger partial charge in [-0.25, -0.2) is 13.4 Å². The van der Waals surface area contributed by atoms with Crippen molar-refractivity contribution < 1.29 is 13.2 Å². The largest absolute Gasteiger partial charge is 0.497 e. The molecule has 134 valence electrons. The predicted molar refractivity (Wildman–Crippen MR) is 95.5 cm³/mol. The Morgan fingerprint density at radius 1 is 1.28 bits per heavy atom. The van der Waals surface area contributed by atoms with Crippen LogP contribution in [0, 0.1) is 5.92 Å². The van der Waals surface area contributed by atoms with E-state index in [1.165, 1.54) is 31.9 Å². The zero-order valence-electron chi connectivity index (χ0n) is 14.3. The maximum atomic E-state index is 12.8. The quantitative estimate of drug-likeness (QED) is 0.889. The second-order valence-electron chi connectivity index (χ2n) is 6.29. The standard InChI is InChI=1S/C17H22N4O3S/c1-12-4-3-9-21(11-12)17-19-10-15(16(18)20-17)25(22,23)14-7-5-13(24-2)6-8-14/h5-8,10,12H,3-4,9,11H2,1-2H3,(H2,18,19,20). The van der Waals surface area contributed by atoms with Gasteiger partial charge in [-0.3, -0.25) is 0 Å². The number of hydrogen-bond acceptors (Lipinski definition) is 7. The highest BCUT2D eigenvalue weighted by Gasteiger charge is 2.25. The van der Waals surface area contributed by atoms with Crippen molar-refractivity contribution in [1.82, 2.24) is 9.97 Å². The van der Waals surface area contributed by atoms with Crippen LogP contribution in [0.4, 0.5) is 11.8 Å². The number of aromatic nitrogens is 2. The molecule has 1 aliphatic heterocycles. The first kappa shape index (κ1) is 17.5. The van der Waals surface area contributed by atoms with Crippen molar-refractivity contribution >= 4 is 21.6 Å². The van der Waals surface area contributed by atoms with Gasteiger partial charge in [-0.05, 0) is 43.0 Å². The molecule has 1 aromatic carbocycles. The van der Waals surface area contributed by atoms with E-state index in [0.29, 0.717) is 17.6 Å². The number of ether oxygens (including phenoxy) is 1. The van der Waals surface area contributed by atoms with Gasteiger partial charge in [0.15, 0.2) is 0 Å². The second kappa shape index (κ2) is 6.87. The van der Waals surface area contributed by atoms with Crippen molar-refractivity contribution in [3.05, 3.63) is 30.5 Å². The molecule has 1 unspecified atom stereocenters. The topological polar surface area (TPSA) is 98.4 Å². The lowest BCUT2D eigenvalue weighted by Crippen LogP contribution is -2.35.